The van der Waals surface area contributed by atoms with Gasteiger partial charge in [0, 0.05) is 43.0 Å². The highest BCUT2D eigenvalue weighted by molar-refractivity contribution is 5.87. The molecule has 3 aliphatic heterocycles. The van der Waals surface area contributed by atoms with Crippen molar-refractivity contribution in [2.45, 2.75) is 18.9 Å². The van der Waals surface area contributed by atoms with Crippen LogP contribution in [0.25, 0.3) is 28.0 Å². The number of imidazole rings is 1. The number of hydrogen-bond acceptors (Lipinski definition) is 6. The van der Waals surface area contributed by atoms with Gasteiger partial charge in [-0.15, -0.1) is 0 Å². The first-order chi connectivity index (χ1) is 15.7. The zero-order valence-corrected chi connectivity index (χ0v) is 18.4. The van der Waals surface area contributed by atoms with E-state index < -0.39 is 0 Å². The summed E-state index contributed by atoms with van der Waals surface area (Å²) in [5, 5.41) is 8.02. The number of ether oxygens (including phenoxy) is 1. The Kier molecular flexibility index (Phi) is 4.61. The van der Waals surface area contributed by atoms with Crippen LogP contribution in [0.15, 0.2) is 49.1 Å². The lowest BCUT2D eigenvalue weighted by atomic mass is 9.84. The van der Waals surface area contributed by atoms with Crippen LogP contribution in [0.5, 0.6) is 5.75 Å². The highest BCUT2D eigenvalue weighted by Gasteiger charge is 2.34. The van der Waals surface area contributed by atoms with Crippen LogP contribution in [0.1, 0.15) is 12.8 Å². The molecule has 0 saturated carbocycles. The Labute approximate surface area is 186 Å². The lowest BCUT2D eigenvalue weighted by Crippen LogP contribution is -2.53. The Morgan fingerprint density at radius 1 is 1.16 bits per heavy atom. The van der Waals surface area contributed by atoms with E-state index in [0.717, 1.165) is 52.0 Å². The van der Waals surface area contributed by atoms with Crippen molar-refractivity contribution in [2.24, 2.45) is 13.0 Å². The molecule has 0 radical (unpaired) electrons. The van der Waals surface area contributed by atoms with Gasteiger partial charge in [0.2, 0.25) is 0 Å². The van der Waals surface area contributed by atoms with Gasteiger partial charge in [-0.1, -0.05) is 6.07 Å². The maximum absolute atomic E-state index is 5.64. The molecule has 164 valence electrons. The maximum Gasteiger partial charge on any atom is 0.140 e. The second-order valence-corrected chi connectivity index (χ2v) is 8.83. The molecule has 1 atom stereocenters. The second kappa shape index (κ2) is 7.63. The highest BCUT2D eigenvalue weighted by atomic mass is 16.5. The standard InChI is InChI=1S/C24H27N7O/c1-29-13-17(12-26-29)18-10-21-19(11-22(18)32-2)25-15-31(21)24-5-3-4-23(28-24)27-20-14-30-8-6-16(20)7-9-30/h3-5,10-13,15-16,20H,6-9,14H2,1-2H3,(H,27,28). The number of aryl methyl sites for hydroxylation is 1. The third kappa shape index (κ3) is 3.31. The molecule has 2 bridgehead atoms. The van der Waals surface area contributed by atoms with E-state index in [1.54, 1.807) is 11.8 Å². The van der Waals surface area contributed by atoms with Gasteiger partial charge in [-0.2, -0.15) is 5.10 Å². The molecule has 3 saturated heterocycles. The molecule has 3 fully saturated rings. The Morgan fingerprint density at radius 3 is 2.75 bits per heavy atom. The second-order valence-electron chi connectivity index (χ2n) is 8.83. The van der Waals surface area contributed by atoms with Crippen molar-refractivity contribution in [1.82, 2.24) is 29.2 Å². The first kappa shape index (κ1) is 19.3. The Bertz CT molecular complexity index is 1270. The zero-order valence-electron chi connectivity index (χ0n) is 18.4. The molecule has 1 unspecified atom stereocenters. The summed E-state index contributed by atoms with van der Waals surface area (Å²) in [4.78, 5) is 12.1. The number of anilines is 1. The van der Waals surface area contributed by atoms with E-state index in [1.165, 1.54) is 25.9 Å². The van der Waals surface area contributed by atoms with Gasteiger partial charge in [0.15, 0.2) is 0 Å². The van der Waals surface area contributed by atoms with Crippen LogP contribution in [0.4, 0.5) is 5.82 Å². The summed E-state index contributed by atoms with van der Waals surface area (Å²) in [5.74, 6) is 3.29. The molecule has 0 aliphatic carbocycles. The Hall–Kier alpha value is -3.39. The van der Waals surface area contributed by atoms with Gasteiger partial charge in [0.05, 0.1) is 24.3 Å². The van der Waals surface area contributed by atoms with Crippen molar-refractivity contribution in [3.8, 4) is 22.7 Å². The number of methoxy groups -OCH3 is 1. The van der Waals surface area contributed by atoms with Gasteiger partial charge in [-0.3, -0.25) is 9.25 Å². The third-order valence-corrected chi connectivity index (χ3v) is 6.86. The Balaban J connectivity index is 1.36. The minimum atomic E-state index is 0.473. The van der Waals surface area contributed by atoms with Crippen LogP contribution in [0, 0.1) is 5.92 Å². The van der Waals surface area contributed by atoms with Crippen LogP contribution < -0.4 is 10.1 Å². The van der Waals surface area contributed by atoms with Gasteiger partial charge < -0.3 is 15.0 Å². The topological polar surface area (TPSA) is 73.0 Å². The summed E-state index contributed by atoms with van der Waals surface area (Å²) in [6.45, 7) is 3.58. The summed E-state index contributed by atoms with van der Waals surface area (Å²) in [7, 11) is 3.60. The molecule has 1 N–H and O–H groups in total. The first-order valence-corrected chi connectivity index (χ1v) is 11.2. The molecule has 7 rings (SSSR count). The van der Waals surface area contributed by atoms with E-state index in [1.807, 2.05) is 42.5 Å². The fourth-order valence-corrected chi connectivity index (χ4v) is 5.13. The average Bonchev–Trinajstić information content (AvgIpc) is 3.45. The SMILES string of the molecule is COc1cc2ncn(-c3cccc(NC4CN5CCC4CC5)n3)c2cc1-c1cnn(C)c1. The molecule has 8 nitrogen and oxygen atoms in total. The predicted octanol–water partition coefficient (Wildman–Crippen LogP) is 3.34. The van der Waals surface area contributed by atoms with Gasteiger partial charge in [-0.05, 0) is 50.0 Å². The van der Waals surface area contributed by atoms with Gasteiger partial charge in [0.25, 0.3) is 0 Å². The fraction of sp³-hybridized carbons (Fsp3) is 0.375. The molecular formula is C24H27N7O. The minimum Gasteiger partial charge on any atom is -0.496 e. The monoisotopic (exact) mass is 429 g/mol. The molecule has 8 heteroatoms. The van der Waals surface area contributed by atoms with E-state index >= 15 is 0 Å². The van der Waals surface area contributed by atoms with E-state index in [9.17, 15) is 0 Å². The number of nitrogens with zero attached hydrogens (tertiary/aromatic N) is 6. The number of fused-ring (bicyclic) bond motifs is 4. The van der Waals surface area contributed by atoms with Crippen molar-refractivity contribution in [3.05, 3.63) is 49.1 Å². The molecule has 4 aromatic rings. The third-order valence-electron chi connectivity index (χ3n) is 6.86. The van der Waals surface area contributed by atoms with Crippen molar-refractivity contribution in [1.29, 1.82) is 0 Å². The quantitative estimate of drug-likeness (QED) is 0.525. The lowest BCUT2D eigenvalue weighted by molar-refractivity contribution is 0.0974. The zero-order chi connectivity index (χ0) is 21.7. The summed E-state index contributed by atoms with van der Waals surface area (Å²) < 4.78 is 9.48. The molecular weight excluding hydrogens is 402 g/mol. The van der Waals surface area contributed by atoms with Gasteiger partial charge in [-0.25, -0.2) is 9.97 Å². The summed E-state index contributed by atoms with van der Waals surface area (Å²) in [6.07, 6.45) is 8.23. The van der Waals surface area contributed by atoms with Crippen LogP contribution in [-0.2, 0) is 7.05 Å². The Morgan fingerprint density at radius 2 is 2.03 bits per heavy atom. The average molecular weight is 430 g/mol. The molecule has 0 amide bonds. The number of aromatic nitrogens is 5. The number of piperidine rings is 3. The first-order valence-electron chi connectivity index (χ1n) is 11.2. The van der Waals surface area contributed by atoms with E-state index in [0.29, 0.717) is 6.04 Å². The summed E-state index contributed by atoms with van der Waals surface area (Å²) in [5.41, 5.74) is 3.84. The summed E-state index contributed by atoms with van der Waals surface area (Å²) in [6, 6.07) is 10.7. The number of hydrogen-bond donors (Lipinski definition) is 1. The molecule has 1 aromatic carbocycles. The molecule has 3 aliphatic rings. The van der Waals surface area contributed by atoms with Gasteiger partial charge >= 0.3 is 0 Å². The minimum absolute atomic E-state index is 0.473. The summed E-state index contributed by atoms with van der Waals surface area (Å²) >= 11 is 0. The molecule has 32 heavy (non-hydrogen) atoms. The van der Waals surface area contributed by atoms with Gasteiger partial charge in [0.1, 0.15) is 23.7 Å². The number of pyridine rings is 1. The largest absolute Gasteiger partial charge is 0.496 e. The van der Waals surface area contributed by atoms with Crippen LogP contribution in [0.3, 0.4) is 0 Å². The van der Waals surface area contributed by atoms with Crippen LogP contribution >= 0.6 is 0 Å². The number of rotatable bonds is 5. The van der Waals surface area contributed by atoms with E-state index in [4.69, 9.17) is 9.72 Å². The van der Waals surface area contributed by atoms with E-state index in [-0.39, 0.29) is 0 Å². The highest BCUT2D eigenvalue weighted by Crippen LogP contribution is 2.34. The van der Waals surface area contributed by atoms with Crippen molar-refractivity contribution >= 4 is 16.9 Å². The normalized spacial score (nSPS) is 22.4. The van der Waals surface area contributed by atoms with Crippen LogP contribution in [0.2, 0.25) is 0 Å². The smallest absolute Gasteiger partial charge is 0.140 e. The van der Waals surface area contributed by atoms with Crippen molar-refractivity contribution < 1.29 is 4.74 Å². The predicted molar refractivity (Wildman–Crippen MR) is 124 cm³/mol. The van der Waals surface area contributed by atoms with Crippen LogP contribution in [-0.4, -0.2) is 62.0 Å². The maximum atomic E-state index is 5.64. The molecule has 6 heterocycles. The molecule has 0 spiro atoms. The van der Waals surface area contributed by atoms with E-state index in [2.05, 4.69) is 38.5 Å². The fourth-order valence-electron chi connectivity index (χ4n) is 5.13. The number of benzene rings is 1. The molecule has 3 aromatic heterocycles. The lowest BCUT2D eigenvalue weighted by Gasteiger charge is -2.45. The van der Waals surface area contributed by atoms with Crippen molar-refractivity contribution in [3.63, 3.8) is 0 Å². The van der Waals surface area contributed by atoms with Crippen molar-refractivity contribution in [2.75, 3.05) is 32.1 Å². The number of nitrogens with one attached hydrogen (secondary N) is 1.